The minimum absolute atomic E-state index is 0.739. The van der Waals surface area contributed by atoms with Gasteiger partial charge in [-0.1, -0.05) is 23.7 Å². The first-order valence-corrected chi connectivity index (χ1v) is 6.43. The number of hydrogen-bond donors (Lipinski definition) is 1. The molecule has 0 fully saturated rings. The summed E-state index contributed by atoms with van der Waals surface area (Å²) in [5.41, 5.74) is 3.24. The van der Waals surface area contributed by atoms with Gasteiger partial charge >= 0.3 is 0 Å². The van der Waals surface area contributed by atoms with Crippen LogP contribution in [0.25, 0.3) is 0 Å². The van der Waals surface area contributed by atoms with Crippen molar-refractivity contribution in [2.24, 2.45) is 0 Å². The van der Waals surface area contributed by atoms with E-state index in [9.17, 15) is 0 Å². The Morgan fingerprint density at radius 1 is 1.29 bits per heavy atom. The topological polar surface area (TPSA) is 24.9 Å². The Balaban J connectivity index is 2.02. The fourth-order valence-corrected chi connectivity index (χ4v) is 1.87. The lowest BCUT2D eigenvalue weighted by Gasteiger charge is -2.07. The second-order valence-corrected chi connectivity index (χ2v) is 5.03. The van der Waals surface area contributed by atoms with Crippen LogP contribution in [0.4, 0.5) is 5.69 Å². The van der Waals surface area contributed by atoms with Crippen LogP contribution in [-0.4, -0.2) is 4.98 Å². The third-order valence-electron chi connectivity index (χ3n) is 2.46. The molecule has 1 aromatic heterocycles. The molecule has 0 saturated heterocycles. The van der Waals surface area contributed by atoms with Crippen molar-refractivity contribution in [1.82, 2.24) is 4.98 Å². The number of benzene rings is 1. The van der Waals surface area contributed by atoms with Gasteiger partial charge in [-0.15, -0.1) is 0 Å². The first-order valence-electron chi connectivity index (χ1n) is 5.25. The van der Waals surface area contributed by atoms with Crippen molar-refractivity contribution >= 4 is 33.2 Å². The molecule has 0 aliphatic carbocycles. The van der Waals surface area contributed by atoms with Gasteiger partial charge in [0.1, 0.15) is 4.60 Å². The maximum atomic E-state index is 6.07. The quantitative estimate of drug-likeness (QED) is 0.849. The van der Waals surface area contributed by atoms with Gasteiger partial charge in [-0.05, 0) is 52.2 Å². The zero-order chi connectivity index (χ0) is 12.3. The number of hydrogen-bond acceptors (Lipinski definition) is 2. The highest BCUT2D eigenvalue weighted by Crippen LogP contribution is 2.18. The van der Waals surface area contributed by atoms with Crippen molar-refractivity contribution in [3.63, 3.8) is 0 Å². The molecule has 0 spiro atoms. The number of pyridine rings is 1. The van der Waals surface area contributed by atoms with Gasteiger partial charge in [0.2, 0.25) is 0 Å². The van der Waals surface area contributed by atoms with Crippen LogP contribution in [0.2, 0.25) is 5.02 Å². The number of anilines is 1. The Kier molecular flexibility index (Phi) is 4.02. The highest BCUT2D eigenvalue weighted by Gasteiger charge is 1.98. The third kappa shape index (κ3) is 3.45. The average molecular weight is 312 g/mol. The number of aromatic nitrogens is 1. The summed E-state index contributed by atoms with van der Waals surface area (Å²) >= 11 is 9.37. The van der Waals surface area contributed by atoms with E-state index < -0.39 is 0 Å². The van der Waals surface area contributed by atoms with E-state index in [4.69, 9.17) is 11.6 Å². The molecule has 0 saturated carbocycles. The normalized spacial score (nSPS) is 10.3. The van der Waals surface area contributed by atoms with Gasteiger partial charge in [0.25, 0.3) is 0 Å². The smallest absolute Gasteiger partial charge is 0.106 e. The van der Waals surface area contributed by atoms with Gasteiger partial charge in [0.05, 0.1) is 11.9 Å². The SMILES string of the molecule is Cc1ccc(CNc2ccc(Br)nc2)cc1Cl. The Morgan fingerprint density at radius 2 is 2.12 bits per heavy atom. The summed E-state index contributed by atoms with van der Waals surface area (Å²) in [6, 6.07) is 9.97. The summed E-state index contributed by atoms with van der Waals surface area (Å²) in [7, 11) is 0. The lowest BCUT2D eigenvalue weighted by Crippen LogP contribution is -1.99. The molecule has 4 heteroatoms. The number of halogens is 2. The van der Waals surface area contributed by atoms with Crippen molar-refractivity contribution < 1.29 is 0 Å². The maximum Gasteiger partial charge on any atom is 0.106 e. The number of rotatable bonds is 3. The van der Waals surface area contributed by atoms with Crippen LogP contribution in [-0.2, 0) is 6.54 Å². The number of nitrogens with one attached hydrogen (secondary N) is 1. The summed E-state index contributed by atoms with van der Waals surface area (Å²) in [4.78, 5) is 4.15. The minimum atomic E-state index is 0.739. The molecule has 1 heterocycles. The van der Waals surface area contributed by atoms with Crippen LogP contribution < -0.4 is 5.32 Å². The molecule has 2 nitrogen and oxygen atoms in total. The van der Waals surface area contributed by atoms with E-state index in [1.807, 2.05) is 31.2 Å². The Labute approximate surface area is 114 Å². The molecule has 0 aliphatic heterocycles. The lowest BCUT2D eigenvalue weighted by molar-refractivity contribution is 1.13. The average Bonchev–Trinajstić information content (AvgIpc) is 2.33. The molecule has 0 aliphatic rings. The number of aryl methyl sites for hydroxylation is 1. The molecule has 0 atom stereocenters. The maximum absolute atomic E-state index is 6.07. The summed E-state index contributed by atoms with van der Waals surface area (Å²) in [6.07, 6.45) is 1.79. The van der Waals surface area contributed by atoms with Crippen molar-refractivity contribution in [2.75, 3.05) is 5.32 Å². The van der Waals surface area contributed by atoms with E-state index in [2.05, 4.69) is 32.3 Å². The minimum Gasteiger partial charge on any atom is -0.380 e. The zero-order valence-electron chi connectivity index (χ0n) is 9.37. The van der Waals surface area contributed by atoms with E-state index in [1.165, 1.54) is 0 Å². The highest BCUT2D eigenvalue weighted by molar-refractivity contribution is 9.10. The molecule has 2 rings (SSSR count). The van der Waals surface area contributed by atoms with Crippen molar-refractivity contribution in [3.8, 4) is 0 Å². The summed E-state index contributed by atoms with van der Waals surface area (Å²) in [5, 5.41) is 4.10. The van der Waals surface area contributed by atoms with E-state index in [0.29, 0.717) is 0 Å². The summed E-state index contributed by atoms with van der Waals surface area (Å²) in [5.74, 6) is 0. The largest absolute Gasteiger partial charge is 0.380 e. The molecular weight excluding hydrogens is 300 g/mol. The molecule has 1 N–H and O–H groups in total. The van der Waals surface area contributed by atoms with Crippen LogP contribution in [0.5, 0.6) is 0 Å². The van der Waals surface area contributed by atoms with Crippen molar-refractivity contribution in [3.05, 3.63) is 57.3 Å². The van der Waals surface area contributed by atoms with Gasteiger partial charge in [-0.3, -0.25) is 0 Å². The van der Waals surface area contributed by atoms with Crippen molar-refractivity contribution in [2.45, 2.75) is 13.5 Å². The molecule has 17 heavy (non-hydrogen) atoms. The first-order chi connectivity index (χ1) is 8.15. The van der Waals surface area contributed by atoms with Crippen LogP contribution in [0.15, 0.2) is 41.1 Å². The molecule has 88 valence electrons. The fourth-order valence-electron chi connectivity index (χ4n) is 1.43. The fraction of sp³-hybridized carbons (Fsp3) is 0.154. The van der Waals surface area contributed by atoms with Gasteiger partial charge < -0.3 is 5.32 Å². The predicted octanol–water partition coefficient (Wildman–Crippen LogP) is 4.42. The molecule has 0 bridgehead atoms. The lowest BCUT2D eigenvalue weighted by atomic mass is 10.1. The van der Waals surface area contributed by atoms with E-state index in [1.54, 1.807) is 6.20 Å². The molecule has 0 unspecified atom stereocenters. The zero-order valence-corrected chi connectivity index (χ0v) is 11.7. The van der Waals surface area contributed by atoms with Crippen LogP contribution in [0, 0.1) is 6.92 Å². The van der Waals surface area contributed by atoms with E-state index >= 15 is 0 Å². The van der Waals surface area contributed by atoms with Gasteiger partial charge in [-0.2, -0.15) is 0 Å². The Morgan fingerprint density at radius 3 is 2.76 bits per heavy atom. The highest BCUT2D eigenvalue weighted by atomic mass is 79.9. The second-order valence-electron chi connectivity index (χ2n) is 3.81. The summed E-state index contributed by atoms with van der Waals surface area (Å²) < 4.78 is 0.835. The monoisotopic (exact) mass is 310 g/mol. The first kappa shape index (κ1) is 12.4. The summed E-state index contributed by atoms with van der Waals surface area (Å²) in [6.45, 7) is 2.74. The molecule has 1 aromatic carbocycles. The Bertz CT molecular complexity index is 511. The third-order valence-corrected chi connectivity index (χ3v) is 3.34. The van der Waals surface area contributed by atoms with Gasteiger partial charge in [0.15, 0.2) is 0 Å². The molecular formula is C13H12BrClN2. The van der Waals surface area contributed by atoms with Crippen LogP contribution >= 0.6 is 27.5 Å². The predicted molar refractivity (Wildman–Crippen MR) is 75.5 cm³/mol. The molecule has 0 radical (unpaired) electrons. The van der Waals surface area contributed by atoms with E-state index in [0.717, 1.165) is 33.0 Å². The van der Waals surface area contributed by atoms with E-state index in [-0.39, 0.29) is 0 Å². The van der Waals surface area contributed by atoms with Gasteiger partial charge in [-0.25, -0.2) is 4.98 Å². The molecule has 0 amide bonds. The standard InChI is InChI=1S/C13H12BrClN2/c1-9-2-3-10(6-12(9)15)7-16-11-4-5-13(14)17-8-11/h2-6,8,16H,7H2,1H3. The molecule has 2 aromatic rings. The second kappa shape index (κ2) is 5.52. The van der Waals surface area contributed by atoms with Crippen molar-refractivity contribution in [1.29, 1.82) is 0 Å². The Hall–Kier alpha value is -1.06. The number of nitrogens with zero attached hydrogens (tertiary/aromatic N) is 1. The van der Waals surface area contributed by atoms with Gasteiger partial charge in [0, 0.05) is 11.6 Å². The van der Waals surface area contributed by atoms with Crippen LogP contribution in [0.3, 0.4) is 0 Å². The van der Waals surface area contributed by atoms with Crippen LogP contribution in [0.1, 0.15) is 11.1 Å².